The summed E-state index contributed by atoms with van der Waals surface area (Å²) in [4.78, 5) is 17.3. The van der Waals surface area contributed by atoms with Crippen LogP contribution in [0.4, 0.5) is 0 Å². The first-order valence-corrected chi connectivity index (χ1v) is 29.2. The Morgan fingerprint density at radius 3 is 1.00 bits per heavy atom. The maximum atomic E-state index is 7.31. The quantitative estimate of drug-likeness (QED) is 0.0678. The molecule has 1 rings (SSSR count). The van der Waals surface area contributed by atoms with E-state index in [0.29, 0.717) is 59.5 Å². The number of hydrogen-bond acceptors (Lipinski definition) is 28. The molecule has 2 atom stereocenters. The average molecular weight is 1140 g/mol. The van der Waals surface area contributed by atoms with Gasteiger partial charge in [0.1, 0.15) is 0 Å². The molecule has 2 unspecified atom stereocenters. The normalized spacial score (nSPS) is 18.0. The van der Waals surface area contributed by atoms with Crippen molar-refractivity contribution in [2.45, 2.75) is 0 Å². The molecule has 32 heteroatoms. The molecule has 1 heterocycles. The topological polar surface area (TPSA) is 252 Å². The van der Waals surface area contributed by atoms with Crippen LogP contribution in [0.1, 0.15) is 0 Å². The Morgan fingerprint density at radius 2 is 0.653 bits per heavy atom. The van der Waals surface area contributed by atoms with Crippen molar-refractivity contribution in [1.29, 1.82) is 0 Å². The summed E-state index contributed by atoms with van der Waals surface area (Å²) in [6.45, 7) is 4.27. The van der Waals surface area contributed by atoms with Crippen molar-refractivity contribution in [2.24, 2.45) is 4.52 Å². The molecule has 0 aromatic rings. The fourth-order valence-electron chi connectivity index (χ4n) is 5.28. The van der Waals surface area contributed by atoms with Gasteiger partial charge in [0, 0.05) is 0 Å². The van der Waals surface area contributed by atoms with Crippen LogP contribution in [-0.2, 0) is 113 Å². The zero-order chi connectivity index (χ0) is 52.4. The van der Waals surface area contributed by atoms with Crippen molar-refractivity contribution in [3.8, 4) is 0 Å². The van der Waals surface area contributed by atoms with Gasteiger partial charge in [-0.15, -0.1) is 0 Å². The molecule has 0 spiro atoms. The second-order valence-corrected chi connectivity index (χ2v) is 22.6. The molecule has 1 aliphatic rings. The Kier molecular flexibility index (Phi) is 48.6. The second kappa shape index (κ2) is 49.7. The van der Waals surface area contributed by atoms with E-state index in [-0.39, 0.29) is 152 Å². The molecule has 0 saturated carbocycles. The first-order valence-electron chi connectivity index (χ1n) is 23.7. The van der Waals surface area contributed by atoms with Crippen LogP contribution in [0.3, 0.4) is 0 Å². The van der Waals surface area contributed by atoms with Gasteiger partial charge in [-0.05, 0) is 0 Å². The molecule has 0 fully saturated rings. The van der Waals surface area contributed by atoms with Crippen molar-refractivity contribution in [3.05, 3.63) is 0 Å². The van der Waals surface area contributed by atoms with Gasteiger partial charge in [0.2, 0.25) is 0 Å². The van der Waals surface area contributed by atoms with Crippen LogP contribution >= 0.6 is 32.6 Å². The third-order valence-electron chi connectivity index (χ3n) is 8.62. The van der Waals surface area contributed by atoms with Crippen molar-refractivity contribution in [2.75, 3.05) is 268 Å². The first kappa shape index (κ1) is 70.5. The van der Waals surface area contributed by atoms with E-state index in [4.69, 9.17) is 117 Å². The third-order valence-corrected chi connectivity index (χ3v) is 19.8. The Hall–Kier alpha value is 0.440. The van der Waals surface area contributed by atoms with Gasteiger partial charge >= 0.3 is 432 Å². The number of nitrogens with zero attached hydrogens (tertiary/aromatic N) is 3. The fraction of sp³-hybridized carbons (Fsp3) is 1.00. The van der Waals surface area contributed by atoms with Gasteiger partial charge in [-0.25, -0.2) is 0 Å². The predicted molar refractivity (Wildman–Crippen MR) is 267 cm³/mol. The molecule has 0 bridgehead atoms. The summed E-state index contributed by atoms with van der Waals surface area (Å²) < 4.78 is 140. The zero-order valence-electron chi connectivity index (χ0n) is 44.1. The summed E-state index contributed by atoms with van der Waals surface area (Å²) in [6.07, 6.45) is 0. The molecule has 1 aliphatic heterocycles. The summed E-state index contributed by atoms with van der Waals surface area (Å²) in [6, 6.07) is 0. The molecule has 0 saturated heterocycles. The molecular formula is C40H90N4O24P4. The average Bonchev–Trinajstić information content (AvgIpc) is 3.38. The molecule has 0 aromatic carbocycles. The molecule has 0 radical (unpaired) electrons. The van der Waals surface area contributed by atoms with Crippen molar-refractivity contribution in [3.63, 3.8) is 0 Å². The zero-order valence-corrected chi connectivity index (χ0v) is 47.8. The first-order chi connectivity index (χ1) is 35.4. The Morgan fingerprint density at radius 1 is 0.361 bits per heavy atom. The molecule has 0 aliphatic carbocycles. The van der Waals surface area contributed by atoms with E-state index >= 15 is 0 Å². The summed E-state index contributed by atoms with van der Waals surface area (Å²) >= 11 is 0. The summed E-state index contributed by atoms with van der Waals surface area (Å²) in [7, 11) is -0.0730. The molecule has 434 valence electrons. The molecule has 28 nitrogen and oxygen atoms in total. The summed E-state index contributed by atoms with van der Waals surface area (Å²) in [5, 5.41) is 0. The molecular weight excluding hydrogens is 1040 g/mol. The summed E-state index contributed by atoms with van der Waals surface area (Å²) in [5.74, 6) is 0. The summed E-state index contributed by atoms with van der Waals surface area (Å²) in [5.41, 5.74) is 0. The molecule has 1 N–H and O–H groups in total. The molecule has 0 amide bonds. The van der Waals surface area contributed by atoms with E-state index in [9.17, 15) is 0 Å². The molecule has 0 aromatic heterocycles. The monoisotopic (exact) mass is 1130 g/mol. The van der Waals surface area contributed by atoms with Crippen LogP contribution in [0, 0.1) is 0 Å². The predicted octanol–water partition coefficient (Wildman–Crippen LogP) is 3.27. The second-order valence-electron chi connectivity index (χ2n) is 13.9. The standard InChI is InChI=1S/C40H90N4O24P4/c1-45-9-17-53-25-33-61-43-70(63-35-27-55-19-11-47-3)41-69-42-71(64-36-28-56-20-12-48-4,65-37-29-57-21-13-49-5)44(62-34-26-54-18-10-46-2)72(43,66-38-30-58-22-14-50-6,67-39-31-59-23-15-51-7)68-40-32-60-24-16-52-8/h41,69H,9-40H2,1-8H3. The number of hydrogen-bond donors (Lipinski definition) is 1. The van der Waals surface area contributed by atoms with E-state index < -0.39 is 32.6 Å². The van der Waals surface area contributed by atoms with Gasteiger partial charge in [-0.1, -0.05) is 0 Å². The number of nitrogens with one attached hydrogen (secondary N) is 1. The van der Waals surface area contributed by atoms with Crippen molar-refractivity contribution >= 4 is 32.6 Å². The number of methoxy groups -OCH3 is 8. The molecule has 72 heavy (non-hydrogen) atoms. The Balaban J connectivity index is 4.54. The van der Waals surface area contributed by atoms with Crippen LogP contribution < -0.4 is 4.86 Å². The minimum atomic E-state index is -5.83. The van der Waals surface area contributed by atoms with E-state index in [2.05, 4.69) is 4.86 Å². The van der Waals surface area contributed by atoms with Gasteiger partial charge in [-0.2, -0.15) is 0 Å². The van der Waals surface area contributed by atoms with Crippen LogP contribution in [0.15, 0.2) is 4.52 Å². The third kappa shape index (κ3) is 30.6. The van der Waals surface area contributed by atoms with Crippen LogP contribution in [-0.4, -0.2) is 278 Å². The van der Waals surface area contributed by atoms with Gasteiger partial charge in [0.15, 0.2) is 0 Å². The fourth-order valence-corrected chi connectivity index (χ4v) is 17.8. The Bertz CT molecular complexity index is 1180. The number of ether oxygens (including phenoxy) is 16. The van der Waals surface area contributed by atoms with E-state index in [1.807, 2.05) is 0 Å². The van der Waals surface area contributed by atoms with Gasteiger partial charge in [-0.3, -0.25) is 0 Å². The van der Waals surface area contributed by atoms with E-state index in [1.54, 1.807) is 56.9 Å². The van der Waals surface area contributed by atoms with Gasteiger partial charge < -0.3 is 0 Å². The maximum absolute atomic E-state index is 7.31. The van der Waals surface area contributed by atoms with Crippen molar-refractivity contribution in [1.82, 2.24) is 14.1 Å². The van der Waals surface area contributed by atoms with Crippen LogP contribution in [0.5, 0.6) is 0 Å². The van der Waals surface area contributed by atoms with Crippen LogP contribution in [0.25, 0.3) is 0 Å². The SMILES string of the molecule is COCCOCCON1P(OCCOCCOC)NPN=P(OCCOCCOC)(OCCOCCOC)N(OCCOCCOC)P1(OCCOCCOC)(OCCOCCOC)OCCOCCOC. The van der Waals surface area contributed by atoms with Crippen LogP contribution in [0.2, 0.25) is 0 Å². The van der Waals surface area contributed by atoms with Gasteiger partial charge in [0.25, 0.3) is 0 Å². The van der Waals surface area contributed by atoms with Crippen molar-refractivity contribution < 1.29 is 113 Å². The van der Waals surface area contributed by atoms with E-state index in [0.717, 1.165) is 0 Å². The Labute approximate surface area is 431 Å². The van der Waals surface area contributed by atoms with E-state index in [1.165, 1.54) is 9.21 Å². The number of rotatable bonds is 56. The minimum absolute atomic E-state index is 0.00310. The van der Waals surface area contributed by atoms with Gasteiger partial charge in [0.05, 0.1) is 0 Å².